The normalized spacial score (nSPS) is 11.6. The third kappa shape index (κ3) is 5.36. The minimum absolute atomic E-state index is 0.0366. The van der Waals surface area contributed by atoms with E-state index in [1.807, 2.05) is 0 Å². The number of rotatable bonds is 10. The molecule has 3 N–H and O–H groups in total. The number of ketones is 1. The molecule has 1 atom stereocenters. The summed E-state index contributed by atoms with van der Waals surface area (Å²) in [5.74, 6) is -2.58. The third-order valence-electron chi connectivity index (χ3n) is 4.49. The lowest BCUT2D eigenvalue weighted by Crippen LogP contribution is -2.51. The fourth-order valence-corrected chi connectivity index (χ4v) is 2.91. The van der Waals surface area contributed by atoms with Crippen LogP contribution in [0.3, 0.4) is 0 Å². The highest BCUT2D eigenvalue weighted by atomic mass is 16.5. The van der Waals surface area contributed by atoms with Crippen molar-refractivity contribution in [3.8, 4) is 6.07 Å². The van der Waals surface area contributed by atoms with Crippen molar-refractivity contribution in [3.05, 3.63) is 52.6 Å². The van der Waals surface area contributed by atoms with Crippen molar-refractivity contribution in [2.45, 2.75) is 39.2 Å². The van der Waals surface area contributed by atoms with E-state index in [0.29, 0.717) is 17.3 Å². The summed E-state index contributed by atoms with van der Waals surface area (Å²) in [5.41, 5.74) is 3.32. The van der Waals surface area contributed by atoms with E-state index in [2.05, 4.69) is 24.3 Å². The average Bonchev–Trinajstić information content (AvgIpc) is 2.71. The predicted molar refractivity (Wildman–Crippen MR) is 107 cm³/mol. The highest BCUT2D eigenvalue weighted by molar-refractivity contribution is 6.02. The maximum absolute atomic E-state index is 12.7. The summed E-state index contributed by atoms with van der Waals surface area (Å²) in [6.07, 6.45) is 3.84. The van der Waals surface area contributed by atoms with Crippen LogP contribution in [-0.2, 0) is 16.1 Å². The van der Waals surface area contributed by atoms with Gasteiger partial charge in [-0.2, -0.15) is 10.4 Å². The SMILES string of the molecule is C=C([NH3+])[C@@H](C#N)C(=O)COC(=O)c1nn(CCCCCC)c(=O)c2ccccc12. The molecule has 2 aromatic rings. The Labute approximate surface area is 168 Å². The van der Waals surface area contributed by atoms with Gasteiger partial charge in [0.15, 0.2) is 24.0 Å². The van der Waals surface area contributed by atoms with Gasteiger partial charge in [0.1, 0.15) is 5.70 Å². The van der Waals surface area contributed by atoms with Gasteiger partial charge in [0, 0.05) is 11.9 Å². The zero-order chi connectivity index (χ0) is 21.4. The van der Waals surface area contributed by atoms with Gasteiger partial charge in [-0.1, -0.05) is 44.4 Å². The molecule has 0 bridgehead atoms. The van der Waals surface area contributed by atoms with Crippen LogP contribution in [0, 0.1) is 17.2 Å². The number of nitrogens with zero attached hydrogens (tertiary/aromatic N) is 3. The van der Waals surface area contributed by atoms with Crippen molar-refractivity contribution in [3.63, 3.8) is 0 Å². The number of aryl methyl sites for hydroxylation is 1. The highest BCUT2D eigenvalue weighted by Gasteiger charge is 2.25. The highest BCUT2D eigenvalue weighted by Crippen LogP contribution is 2.15. The van der Waals surface area contributed by atoms with E-state index in [4.69, 9.17) is 10.00 Å². The molecule has 0 aliphatic heterocycles. The van der Waals surface area contributed by atoms with Gasteiger partial charge in [-0.25, -0.2) is 9.48 Å². The smallest absolute Gasteiger partial charge is 0.359 e. The van der Waals surface area contributed by atoms with E-state index in [1.165, 1.54) is 4.68 Å². The van der Waals surface area contributed by atoms with Crippen LogP contribution >= 0.6 is 0 Å². The molecule has 1 heterocycles. The predicted octanol–water partition coefficient (Wildman–Crippen LogP) is 1.60. The van der Waals surface area contributed by atoms with E-state index in [9.17, 15) is 14.4 Å². The maximum atomic E-state index is 12.7. The first-order valence-corrected chi connectivity index (χ1v) is 9.50. The Kier molecular flexibility index (Phi) is 7.80. The molecule has 2 rings (SSSR count). The number of benzene rings is 1. The second kappa shape index (κ2) is 10.3. The number of allylic oxidation sites excluding steroid dienone is 1. The van der Waals surface area contributed by atoms with Crippen molar-refractivity contribution in [2.75, 3.05) is 6.61 Å². The Hall–Kier alpha value is -3.31. The van der Waals surface area contributed by atoms with Gasteiger partial charge in [0.05, 0.1) is 11.5 Å². The van der Waals surface area contributed by atoms with Crippen LogP contribution in [0.15, 0.2) is 41.3 Å². The molecule has 0 spiro atoms. The molecule has 0 saturated heterocycles. The van der Waals surface area contributed by atoms with E-state index >= 15 is 0 Å². The summed E-state index contributed by atoms with van der Waals surface area (Å²) < 4.78 is 6.35. The maximum Gasteiger partial charge on any atom is 0.359 e. The molecule has 8 heteroatoms. The number of hydrogen-bond donors (Lipinski definition) is 1. The van der Waals surface area contributed by atoms with Crippen molar-refractivity contribution in [1.29, 1.82) is 5.26 Å². The number of aromatic nitrogens is 2. The number of esters is 1. The van der Waals surface area contributed by atoms with Crippen molar-refractivity contribution < 1.29 is 20.1 Å². The summed E-state index contributed by atoms with van der Waals surface area (Å²) in [5, 5.41) is 13.9. The van der Waals surface area contributed by atoms with Crippen LogP contribution < -0.4 is 11.3 Å². The lowest BCUT2D eigenvalue weighted by molar-refractivity contribution is -0.309. The number of nitriles is 1. The third-order valence-corrected chi connectivity index (χ3v) is 4.49. The van der Waals surface area contributed by atoms with E-state index in [0.717, 1.165) is 25.7 Å². The molecule has 0 saturated carbocycles. The quantitative estimate of drug-likeness (QED) is 0.479. The summed E-state index contributed by atoms with van der Waals surface area (Å²) in [6, 6.07) is 8.42. The van der Waals surface area contributed by atoms with Gasteiger partial charge in [0.2, 0.25) is 0 Å². The molecule has 152 valence electrons. The Morgan fingerprint density at radius 3 is 2.59 bits per heavy atom. The van der Waals surface area contributed by atoms with Crippen LogP contribution in [0.25, 0.3) is 10.8 Å². The first kappa shape index (κ1) is 22.0. The molecule has 1 aromatic heterocycles. The largest absolute Gasteiger partial charge is 0.453 e. The first-order valence-electron chi connectivity index (χ1n) is 9.50. The van der Waals surface area contributed by atoms with E-state index in [1.54, 1.807) is 30.3 Å². The number of quaternary nitrogens is 1. The lowest BCUT2D eigenvalue weighted by Gasteiger charge is -2.11. The molecule has 29 heavy (non-hydrogen) atoms. The summed E-state index contributed by atoms with van der Waals surface area (Å²) in [4.78, 5) is 37.4. The minimum Gasteiger partial charge on any atom is -0.453 e. The number of ether oxygens (including phenoxy) is 1. The fourth-order valence-electron chi connectivity index (χ4n) is 2.91. The van der Waals surface area contributed by atoms with E-state index in [-0.39, 0.29) is 17.0 Å². The van der Waals surface area contributed by atoms with Gasteiger partial charge < -0.3 is 10.5 Å². The minimum atomic E-state index is -1.14. The standard InChI is InChI=1S/C21H24N4O4/c1-3-4-5-8-11-25-20(27)16-10-7-6-9-15(16)19(24-25)21(28)29-13-18(26)17(12-22)14(2)23/h6-7,9-10,17H,2-5,8,11,13,23H2,1H3/p+1/t17-/m1/s1. The molecule has 1 aromatic carbocycles. The summed E-state index contributed by atoms with van der Waals surface area (Å²) >= 11 is 0. The van der Waals surface area contributed by atoms with Gasteiger partial charge in [-0.05, 0) is 19.1 Å². The molecule has 0 unspecified atom stereocenters. The van der Waals surface area contributed by atoms with Crippen LogP contribution in [0.5, 0.6) is 0 Å². The number of carbonyl (C=O) groups excluding carboxylic acids is 2. The monoisotopic (exact) mass is 397 g/mol. The molecule has 8 nitrogen and oxygen atoms in total. The Morgan fingerprint density at radius 2 is 1.97 bits per heavy atom. The Morgan fingerprint density at radius 1 is 1.28 bits per heavy atom. The fraction of sp³-hybridized carbons (Fsp3) is 0.381. The number of fused-ring (bicyclic) bond motifs is 1. The number of Topliss-reactive ketones (excluding diaryl/α,β-unsaturated/α-hetero) is 1. The van der Waals surface area contributed by atoms with Crippen LogP contribution in [0.4, 0.5) is 0 Å². The lowest BCUT2D eigenvalue weighted by atomic mass is 10.0. The average molecular weight is 397 g/mol. The zero-order valence-electron chi connectivity index (χ0n) is 16.5. The Bertz CT molecular complexity index is 1020. The molecular weight excluding hydrogens is 372 g/mol. The zero-order valence-corrected chi connectivity index (χ0v) is 16.5. The number of unbranched alkanes of at least 4 members (excludes halogenated alkanes) is 3. The van der Waals surface area contributed by atoms with Crippen LogP contribution in [0.1, 0.15) is 43.1 Å². The van der Waals surface area contributed by atoms with Gasteiger partial charge in [-0.3, -0.25) is 9.59 Å². The first-order chi connectivity index (χ1) is 13.9. The second-order valence-corrected chi connectivity index (χ2v) is 6.75. The number of hydrogen-bond acceptors (Lipinski definition) is 6. The molecule has 0 aliphatic carbocycles. The van der Waals surface area contributed by atoms with Crippen LogP contribution in [0.2, 0.25) is 0 Å². The molecule has 0 aliphatic rings. The van der Waals surface area contributed by atoms with Gasteiger partial charge in [-0.15, -0.1) is 0 Å². The van der Waals surface area contributed by atoms with E-state index < -0.39 is 24.3 Å². The number of carbonyl (C=O) groups is 2. The van der Waals surface area contributed by atoms with Crippen LogP contribution in [-0.4, -0.2) is 28.1 Å². The summed E-state index contributed by atoms with van der Waals surface area (Å²) in [7, 11) is 0. The molecule has 0 amide bonds. The second-order valence-electron chi connectivity index (χ2n) is 6.75. The van der Waals surface area contributed by atoms with Crippen molar-refractivity contribution in [1.82, 2.24) is 9.78 Å². The Balaban J connectivity index is 2.28. The topological polar surface area (TPSA) is 130 Å². The summed E-state index contributed by atoms with van der Waals surface area (Å²) in [6.45, 7) is 5.37. The molecular formula is C21H25N4O4+. The van der Waals surface area contributed by atoms with Gasteiger partial charge in [0.25, 0.3) is 5.56 Å². The van der Waals surface area contributed by atoms with Crippen molar-refractivity contribution in [2.24, 2.45) is 5.92 Å². The molecule has 0 fully saturated rings. The van der Waals surface area contributed by atoms with Crippen molar-refractivity contribution >= 4 is 22.5 Å². The van der Waals surface area contributed by atoms with Gasteiger partial charge >= 0.3 is 5.97 Å². The molecule has 0 radical (unpaired) electrons.